The number of halogens is 1. The Bertz CT molecular complexity index is 641. The monoisotopic (exact) mass is 351 g/mol. The van der Waals surface area contributed by atoms with E-state index in [0.717, 1.165) is 5.69 Å². The fraction of sp³-hybridized carbons (Fsp3) is 0.500. The lowest BCUT2D eigenvalue weighted by molar-refractivity contribution is -0.119. The maximum absolute atomic E-state index is 13.7. The van der Waals surface area contributed by atoms with Crippen molar-refractivity contribution in [2.75, 3.05) is 42.5 Å². The number of hydrogen-bond donors (Lipinski definition) is 2. The highest BCUT2D eigenvalue weighted by molar-refractivity contribution is 5.90. The summed E-state index contributed by atoms with van der Waals surface area (Å²) in [6.07, 6.45) is -2.01. The second-order valence-electron chi connectivity index (χ2n) is 6.19. The Kier molecular flexibility index (Phi) is 5.05. The number of ether oxygens (including phenoxy) is 1. The number of nitrogens with zero attached hydrogens (tertiary/aromatic N) is 3. The predicted molar refractivity (Wildman–Crippen MR) is 90.7 cm³/mol. The highest BCUT2D eigenvalue weighted by Crippen LogP contribution is 2.26. The van der Waals surface area contributed by atoms with Crippen LogP contribution in [-0.4, -0.2) is 62.1 Å². The predicted octanol–water partition coefficient (Wildman–Crippen LogP) is 0.439. The summed E-state index contributed by atoms with van der Waals surface area (Å²) in [4.78, 5) is 26.4. The van der Waals surface area contributed by atoms with Crippen LogP contribution in [0.2, 0.25) is 0 Å². The molecule has 3 rings (SSSR count). The van der Waals surface area contributed by atoms with Gasteiger partial charge in [-0.25, -0.2) is 14.2 Å². The van der Waals surface area contributed by atoms with Crippen LogP contribution >= 0.6 is 0 Å². The van der Waals surface area contributed by atoms with E-state index in [1.165, 1.54) is 16.8 Å². The molecule has 0 bridgehead atoms. The number of hydrazine groups is 1. The Morgan fingerprint density at radius 3 is 2.60 bits per heavy atom. The van der Waals surface area contributed by atoms with Crippen LogP contribution in [0.3, 0.4) is 0 Å². The van der Waals surface area contributed by atoms with E-state index in [2.05, 4.69) is 5.32 Å². The average Bonchev–Trinajstić information content (AvgIpc) is 2.96. The molecule has 0 aliphatic carbocycles. The van der Waals surface area contributed by atoms with Crippen molar-refractivity contribution in [1.29, 1.82) is 0 Å². The minimum atomic E-state index is -1.20. The molecule has 2 saturated heterocycles. The first-order valence-electron chi connectivity index (χ1n) is 8.17. The minimum absolute atomic E-state index is 0.164. The van der Waals surface area contributed by atoms with Gasteiger partial charge in [0.2, 0.25) is 5.91 Å². The zero-order valence-corrected chi connectivity index (χ0v) is 14.0. The quantitative estimate of drug-likeness (QED) is 0.604. The molecule has 0 saturated carbocycles. The molecule has 9 heteroatoms. The van der Waals surface area contributed by atoms with Gasteiger partial charge in [-0.05, 0) is 24.3 Å². The summed E-state index contributed by atoms with van der Waals surface area (Å²) in [7, 11) is 0. The molecular weight excluding hydrogens is 329 g/mol. The first kappa shape index (κ1) is 17.4. The number of piperazine rings is 1. The molecule has 1 aromatic carbocycles. The van der Waals surface area contributed by atoms with Gasteiger partial charge >= 0.3 is 6.09 Å². The van der Waals surface area contributed by atoms with E-state index < -0.39 is 12.4 Å². The normalized spacial score (nSPS) is 24.4. The van der Waals surface area contributed by atoms with E-state index in [4.69, 9.17) is 10.6 Å². The second-order valence-corrected chi connectivity index (χ2v) is 6.19. The van der Waals surface area contributed by atoms with Gasteiger partial charge in [0.15, 0.2) is 6.30 Å². The van der Waals surface area contributed by atoms with Crippen molar-refractivity contribution in [3.05, 3.63) is 24.3 Å². The lowest BCUT2D eigenvalue weighted by Gasteiger charge is -2.36. The van der Waals surface area contributed by atoms with Crippen LogP contribution in [0.4, 0.5) is 20.6 Å². The molecule has 0 aromatic heterocycles. The summed E-state index contributed by atoms with van der Waals surface area (Å²) < 4.78 is 19.0. The molecule has 0 spiro atoms. The van der Waals surface area contributed by atoms with E-state index in [9.17, 15) is 14.0 Å². The van der Waals surface area contributed by atoms with Gasteiger partial charge in [-0.3, -0.25) is 15.5 Å². The SMILES string of the molecule is CC(=O)NC[C@H]1CN(c2ccc(N3CCN(N)[C@@H](F)C3)cc2)C(=O)O1. The van der Waals surface area contributed by atoms with Gasteiger partial charge in [-0.15, -0.1) is 0 Å². The van der Waals surface area contributed by atoms with E-state index in [0.29, 0.717) is 25.3 Å². The number of cyclic esters (lactones) is 1. The van der Waals surface area contributed by atoms with Crippen LogP contribution in [-0.2, 0) is 9.53 Å². The number of carbonyl (C=O) groups excluding carboxylic acids is 2. The standard InChI is InChI=1S/C16H22FN5O3/c1-11(23)19-8-14-9-21(16(24)25-14)13-4-2-12(3-5-13)20-6-7-22(18)15(17)10-20/h2-5,14-15H,6-10,18H2,1H3,(H,19,23)/t14-,15+/m0/s1. The highest BCUT2D eigenvalue weighted by atomic mass is 19.1. The van der Waals surface area contributed by atoms with Gasteiger partial charge < -0.3 is 15.0 Å². The summed E-state index contributed by atoms with van der Waals surface area (Å²) in [5, 5.41) is 3.84. The zero-order chi connectivity index (χ0) is 18.0. The molecule has 1 aromatic rings. The molecule has 3 N–H and O–H groups in total. The molecule has 25 heavy (non-hydrogen) atoms. The molecule has 2 aliphatic heterocycles. The van der Waals surface area contributed by atoms with Crippen molar-refractivity contribution in [1.82, 2.24) is 10.3 Å². The number of benzene rings is 1. The third-order valence-corrected chi connectivity index (χ3v) is 4.34. The number of carbonyl (C=O) groups is 2. The Labute approximate surface area is 145 Å². The molecule has 0 unspecified atom stereocenters. The zero-order valence-electron chi connectivity index (χ0n) is 14.0. The second kappa shape index (κ2) is 7.24. The van der Waals surface area contributed by atoms with Crippen molar-refractivity contribution >= 4 is 23.4 Å². The fourth-order valence-electron chi connectivity index (χ4n) is 2.93. The van der Waals surface area contributed by atoms with Gasteiger partial charge in [0.05, 0.1) is 19.6 Å². The van der Waals surface area contributed by atoms with Crippen molar-refractivity contribution in [2.45, 2.75) is 19.3 Å². The van der Waals surface area contributed by atoms with Crippen LogP contribution in [0, 0.1) is 0 Å². The van der Waals surface area contributed by atoms with Crippen LogP contribution in [0.1, 0.15) is 6.92 Å². The maximum atomic E-state index is 13.7. The van der Waals surface area contributed by atoms with E-state index in [1.54, 1.807) is 12.1 Å². The molecule has 8 nitrogen and oxygen atoms in total. The minimum Gasteiger partial charge on any atom is -0.442 e. The topological polar surface area (TPSA) is 91.1 Å². The number of anilines is 2. The molecule has 2 heterocycles. The highest BCUT2D eigenvalue weighted by Gasteiger charge is 2.32. The van der Waals surface area contributed by atoms with E-state index >= 15 is 0 Å². The number of nitrogens with one attached hydrogen (secondary N) is 1. The van der Waals surface area contributed by atoms with Gasteiger partial charge in [0.25, 0.3) is 0 Å². The van der Waals surface area contributed by atoms with Gasteiger partial charge in [0, 0.05) is 31.4 Å². The van der Waals surface area contributed by atoms with Crippen molar-refractivity contribution in [2.24, 2.45) is 5.84 Å². The first-order valence-corrected chi connectivity index (χ1v) is 8.17. The first-order chi connectivity index (χ1) is 11.9. The van der Waals surface area contributed by atoms with Crippen LogP contribution in [0.15, 0.2) is 24.3 Å². The molecule has 2 atom stereocenters. The third kappa shape index (κ3) is 3.99. The van der Waals surface area contributed by atoms with Crippen molar-refractivity contribution < 1.29 is 18.7 Å². The Balaban J connectivity index is 1.62. The fourth-order valence-corrected chi connectivity index (χ4v) is 2.93. The summed E-state index contributed by atoms with van der Waals surface area (Å²) in [5.41, 5.74) is 1.58. The van der Waals surface area contributed by atoms with Crippen LogP contribution < -0.4 is 21.0 Å². The van der Waals surface area contributed by atoms with Crippen molar-refractivity contribution in [3.8, 4) is 0 Å². The lowest BCUT2D eigenvalue weighted by atomic mass is 10.2. The average molecular weight is 351 g/mol. The Hall–Kier alpha value is -2.39. The summed E-state index contributed by atoms with van der Waals surface area (Å²) in [5.74, 6) is 5.38. The van der Waals surface area contributed by atoms with Gasteiger partial charge in [-0.2, -0.15) is 0 Å². The Morgan fingerprint density at radius 1 is 1.28 bits per heavy atom. The molecule has 2 fully saturated rings. The Morgan fingerprint density at radius 2 is 1.96 bits per heavy atom. The number of alkyl halides is 1. The number of nitrogens with two attached hydrogens (primary N) is 1. The third-order valence-electron chi connectivity index (χ3n) is 4.34. The smallest absolute Gasteiger partial charge is 0.414 e. The molecule has 2 amide bonds. The van der Waals surface area contributed by atoms with Crippen molar-refractivity contribution in [3.63, 3.8) is 0 Å². The van der Waals surface area contributed by atoms with Gasteiger partial charge in [-0.1, -0.05) is 0 Å². The lowest BCUT2D eigenvalue weighted by Crippen LogP contribution is -2.54. The molecular formula is C16H22FN5O3. The van der Waals surface area contributed by atoms with E-state index in [-0.39, 0.29) is 25.1 Å². The summed E-state index contributed by atoms with van der Waals surface area (Å²) in [6, 6.07) is 7.31. The van der Waals surface area contributed by atoms with Gasteiger partial charge in [0.1, 0.15) is 6.10 Å². The molecule has 2 aliphatic rings. The van der Waals surface area contributed by atoms with Crippen LogP contribution in [0.25, 0.3) is 0 Å². The van der Waals surface area contributed by atoms with Crippen LogP contribution in [0.5, 0.6) is 0 Å². The summed E-state index contributed by atoms with van der Waals surface area (Å²) >= 11 is 0. The number of hydrogen-bond acceptors (Lipinski definition) is 6. The maximum Gasteiger partial charge on any atom is 0.414 e. The molecule has 136 valence electrons. The number of rotatable bonds is 4. The van der Waals surface area contributed by atoms with E-state index in [1.807, 2.05) is 17.0 Å². The summed E-state index contributed by atoms with van der Waals surface area (Å²) in [6.45, 7) is 3.38. The number of amides is 2. The molecule has 0 radical (unpaired) electrons. The largest absolute Gasteiger partial charge is 0.442 e.